The lowest BCUT2D eigenvalue weighted by atomic mass is 9.82. The van der Waals surface area contributed by atoms with Crippen molar-refractivity contribution in [1.29, 1.82) is 0 Å². The molecule has 0 spiro atoms. The highest BCUT2D eigenvalue weighted by Gasteiger charge is 2.74. The van der Waals surface area contributed by atoms with Crippen LogP contribution in [0, 0.1) is 0 Å². The molecule has 2 aromatic rings. The Balaban J connectivity index is 0.00000109. The van der Waals surface area contributed by atoms with Gasteiger partial charge in [-0.1, -0.05) is 36.8 Å². The number of anilines is 1. The van der Waals surface area contributed by atoms with Crippen molar-refractivity contribution < 1.29 is 57.9 Å². The van der Waals surface area contributed by atoms with Gasteiger partial charge in [0.25, 0.3) is 12.4 Å². The lowest BCUT2D eigenvalue weighted by Gasteiger charge is -2.44. The van der Waals surface area contributed by atoms with Crippen LogP contribution in [0.2, 0.25) is 0 Å². The predicted molar refractivity (Wildman–Crippen MR) is 145 cm³/mol. The fourth-order valence-corrected chi connectivity index (χ4v) is 8.85. The summed E-state index contributed by atoms with van der Waals surface area (Å²) in [6.07, 6.45) is -11.5. The van der Waals surface area contributed by atoms with Gasteiger partial charge >= 0.3 is 18.0 Å². The Hall–Kier alpha value is -3.43. The van der Waals surface area contributed by atoms with Crippen molar-refractivity contribution in [2.45, 2.75) is 77.9 Å². The van der Waals surface area contributed by atoms with Crippen molar-refractivity contribution in [3.63, 3.8) is 0 Å². The van der Waals surface area contributed by atoms with Crippen LogP contribution >= 0.6 is 0 Å². The lowest BCUT2D eigenvalue weighted by molar-refractivity contribution is -0.348. The van der Waals surface area contributed by atoms with Gasteiger partial charge in [-0.25, -0.2) is 17.2 Å². The van der Waals surface area contributed by atoms with E-state index in [0.717, 1.165) is 17.4 Å². The zero-order valence-electron chi connectivity index (χ0n) is 23.9. The van der Waals surface area contributed by atoms with Crippen molar-refractivity contribution in [1.82, 2.24) is 4.90 Å². The number of likely N-dealkylation sites (tertiary alicyclic amines) is 1. The van der Waals surface area contributed by atoms with Crippen LogP contribution in [0.15, 0.2) is 53.4 Å². The van der Waals surface area contributed by atoms with Gasteiger partial charge in [0.2, 0.25) is 0 Å². The number of carbonyl (C=O) groups excluding carboxylic acids is 2. The van der Waals surface area contributed by atoms with E-state index in [4.69, 9.17) is 4.79 Å². The van der Waals surface area contributed by atoms with Gasteiger partial charge in [-0.2, -0.15) is 26.3 Å². The first kappa shape index (κ1) is 34.4. The van der Waals surface area contributed by atoms with Crippen LogP contribution < -0.4 is 5.32 Å². The average Bonchev–Trinajstić information content (AvgIpc) is 3.41. The SMILES string of the molecule is COC=O.O=C(N1CCC2(S(=O)(=O)c3ccccc3)c3ccc(C(F)(C(F)(F)F)C(F)(F)F)cc3NCC12)C1(F)CCCCC1. The van der Waals surface area contributed by atoms with Gasteiger partial charge in [0.05, 0.1) is 18.0 Å². The molecule has 0 bridgehead atoms. The Morgan fingerprint density at radius 3 is 2.07 bits per heavy atom. The lowest BCUT2D eigenvalue weighted by Crippen LogP contribution is -2.58. The monoisotopic (exact) mass is 670 g/mol. The molecule has 2 aliphatic heterocycles. The number of alkyl halides is 8. The zero-order valence-corrected chi connectivity index (χ0v) is 24.7. The van der Waals surface area contributed by atoms with Gasteiger partial charge in [-0.15, -0.1) is 0 Å². The molecule has 2 atom stereocenters. The molecule has 1 amide bonds. The minimum Gasteiger partial charge on any atom is -0.471 e. The van der Waals surface area contributed by atoms with Crippen LogP contribution in [0.3, 0.4) is 0 Å². The van der Waals surface area contributed by atoms with E-state index < -0.39 is 68.0 Å². The number of fused-ring (bicyclic) bond motifs is 3. The summed E-state index contributed by atoms with van der Waals surface area (Å²) in [6, 6.07) is 7.05. The summed E-state index contributed by atoms with van der Waals surface area (Å²) < 4.78 is 142. The number of hydrogen-bond donors (Lipinski definition) is 1. The predicted octanol–water partition coefficient (Wildman–Crippen LogP) is 6.13. The van der Waals surface area contributed by atoms with Crippen LogP contribution in [-0.4, -0.2) is 70.0 Å². The van der Waals surface area contributed by atoms with E-state index in [1.807, 2.05) is 0 Å². The maximum absolute atomic E-state index is 15.8. The normalized spacial score (nSPS) is 23.0. The van der Waals surface area contributed by atoms with Crippen LogP contribution in [0.1, 0.15) is 49.7 Å². The summed E-state index contributed by atoms with van der Waals surface area (Å²) in [6.45, 7) is -0.274. The third kappa shape index (κ3) is 5.52. The van der Waals surface area contributed by atoms with E-state index in [-0.39, 0.29) is 42.3 Å². The zero-order chi connectivity index (χ0) is 33.5. The van der Waals surface area contributed by atoms with E-state index in [2.05, 4.69) is 10.1 Å². The largest absolute Gasteiger partial charge is 0.471 e. The van der Waals surface area contributed by atoms with E-state index in [9.17, 15) is 43.9 Å². The maximum Gasteiger partial charge on any atom is 0.435 e. The Morgan fingerprint density at radius 2 is 1.53 bits per heavy atom. The second-order valence-corrected chi connectivity index (χ2v) is 13.3. The molecule has 2 heterocycles. The fourth-order valence-electron chi connectivity index (χ4n) is 6.51. The molecule has 1 N–H and O–H groups in total. The number of halogens is 8. The van der Waals surface area contributed by atoms with Gasteiger partial charge < -0.3 is 15.0 Å². The highest BCUT2D eigenvalue weighted by Crippen LogP contribution is 2.57. The topological polar surface area (TPSA) is 92.8 Å². The molecule has 3 aliphatic rings. The van der Waals surface area contributed by atoms with Crippen LogP contribution in [0.5, 0.6) is 0 Å². The smallest absolute Gasteiger partial charge is 0.435 e. The van der Waals surface area contributed by atoms with Crippen LogP contribution in [0.4, 0.5) is 40.8 Å². The van der Waals surface area contributed by atoms with Crippen molar-refractivity contribution in [3.8, 4) is 0 Å². The number of carbonyl (C=O) groups is 2. The molecule has 1 saturated carbocycles. The minimum absolute atomic E-state index is 0.0473. The number of methoxy groups -OCH3 is 1. The summed E-state index contributed by atoms with van der Waals surface area (Å²) in [5, 5.41) is 2.62. The third-order valence-electron chi connectivity index (χ3n) is 8.70. The Kier molecular flexibility index (Phi) is 9.23. The third-order valence-corrected chi connectivity index (χ3v) is 11.2. The molecule has 0 radical (unpaired) electrons. The second kappa shape index (κ2) is 12.1. The van der Waals surface area contributed by atoms with Gasteiger partial charge in [0, 0.05) is 24.3 Å². The van der Waals surface area contributed by atoms with E-state index in [1.54, 1.807) is 6.07 Å². The molecular formula is C29H30F8N2O5S. The van der Waals surface area contributed by atoms with Crippen molar-refractivity contribution in [3.05, 3.63) is 59.7 Å². The highest BCUT2D eigenvalue weighted by atomic mass is 32.2. The highest BCUT2D eigenvalue weighted by molar-refractivity contribution is 7.92. The first-order valence-electron chi connectivity index (χ1n) is 13.9. The summed E-state index contributed by atoms with van der Waals surface area (Å²) in [5.74, 6) is -0.897. The number of nitrogens with one attached hydrogen (secondary N) is 1. The average molecular weight is 671 g/mol. The summed E-state index contributed by atoms with van der Waals surface area (Å²) in [7, 11) is -3.18. The number of hydrogen-bond acceptors (Lipinski definition) is 6. The fraction of sp³-hybridized carbons (Fsp3) is 0.517. The van der Waals surface area contributed by atoms with E-state index >= 15 is 4.39 Å². The summed E-state index contributed by atoms with van der Waals surface area (Å²) in [4.78, 5) is 23.4. The quantitative estimate of drug-likeness (QED) is 0.304. The molecule has 0 aromatic heterocycles. The number of ether oxygens (including phenoxy) is 1. The van der Waals surface area contributed by atoms with Crippen LogP contribution in [0.25, 0.3) is 0 Å². The molecule has 2 fully saturated rings. The van der Waals surface area contributed by atoms with Crippen molar-refractivity contribution in [2.24, 2.45) is 0 Å². The number of rotatable bonds is 5. The Morgan fingerprint density at radius 1 is 0.956 bits per heavy atom. The van der Waals surface area contributed by atoms with Gasteiger partial charge in [-0.05, 0) is 55.9 Å². The van der Waals surface area contributed by atoms with Gasteiger partial charge in [0.1, 0.15) is 4.75 Å². The first-order valence-corrected chi connectivity index (χ1v) is 15.4. The maximum atomic E-state index is 15.8. The molecule has 7 nitrogen and oxygen atoms in total. The molecular weight excluding hydrogens is 640 g/mol. The van der Waals surface area contributed by atoms with Crippen molar-refractivity contribution in [2.75, 3.05) is 25.5 Å². The standard InChI is InChI=1S/C27H26F8N2O3S.C2H4O2/c28-23(11-5-2-6-12-23)22(38)37-14-13-24(41(39,40)18-7-3-1-4-8-18)19-10-9-17(15-20(19)36-16-21(24)37)25(29,26(30,31)32)27(33,34)35;1-4-2-3/h1,3-4,7-10,15,21,36H,2,5-6,11-14,16H2;2H,1H3. The molecule has 1 saturated heterocycles. The number of nitrogens with zero attached hydrogens (tertiary/aromatic N) is 1. The molecule has 1 aliphatic carbocycles. The molecule has 2 aromatic carbocycles. The first-order chi connectivity index (χ1) is 20.9. The van der Waals surface area contributed by atoms with Gasteiger partial charge in [0.15, 0.2) is 15.5 Å². The van der Waals surface area contributed by atoms with E-state index in [1.165, 1.54) is 31.4 Å². The molecule has 45 heavy (non-hydrogen) atoms. The summed E-state index contributed by atoms with van der Waals surface area (Å²) >= 11 is 0. The number of benzene rings is 2. The second-order valence-electron chi connectivity index (χ2n) is 11.1. The van der Waals surface area contributed by atoms with Gasteiger partial charge in [-0.3, -0.25) is 9.59 Å². The summed E-state index contributed by atoms with van der Waals surface area (Å²) in [5.41, 5.74) is -10.4. The Labute approximate surface area is 253 Å². The van der Waals surface area contributed by atoms with Crippen LogP contribution in [-0.2, 0) is 34.6 Å². The number of sulfone groups is 1. The minimum atomic E-state index is -6.36. The number of amides is 1. The van der Waals surface area contributed by atoms with Crippen molar-refractivity contribution >= 4 is 27.9 Å². The molecule has 248 valence electrons. The molecule has 5 rings (SSSR count). The molecule has 16 heteroatoms. The van der Waals surface area contributed by atoms with E-state index in [0.29, 0.717) is 25.4 Å². The Bertz CT molecular complexity index is 1500. The molecule has 2 unspecified atom stereocenters.